The molecule has 0 aliphatic heterocycles. The Morgan fingerprint density at radius 2 is 2.00 bits per heavy atom. The first-order valence-electron chi connectivity index (χ1n) is 7.41. The number of benzene rings is 1. The maximum atomic E-state index is 4.53. The topological polar surface area (TPSA) is 66.5 Å². The molecule has 114 valence electrons. The van der Waals surface area contributed by atoms with Crippen LogP contribution in [-0.2, 0) is 6.42 Å². The van der Waals surface area contributed by atoms with E-state index in [1.807, 2.05) is 6.26 Å². The number of imidazole rings is 1. The summed E-state index contributed by atoms with van der Waals surface area (Å²) in [6.45, 7) is 2.21. The van der Waals surface area contributed by atoms with Gasteiger partial charge in [0.05, 0.1) is 6.33 Å². The van der Waals surface area contributed by atoms with Crippen molar-refractivity contribution in [3.63, 3.8) is 0 Å². The number of hydrogen-bond donors (Lipinski definition) is 2. The van der Waals surface area contributed by atoms with Crippen molar-refractivity contribution < 1.29 is 0 Å². The van der Waals surface area contributed by atoms with Gasteiger partial charge in [0.15, 0.2) is 5.65 Å². The van der Waals surface area contributed by atoms with Crippen LogP contribution in [0, 0.1) is 0 Å². The van der Waals surface area contributed by atoms with E-state index in [4.69, 9.17) is 0 Å². The van der Waals surface area contributed by atoms with Gasteiger partial charge in [-0.3, -0.25) is 0 Å². The molecule has 0 aliphatic carbocycles. The average Bonchev–Trinajstić information content (AvgIpc) is 3.02. The van der Waals surface area contributed by atoms with Crippen molar-refractivity contribution in [2.24, 2.45) is 0 Å². The van der Waals surface area contributed by atoms with E-state index in [-0.39, 0.29) is 0 Å². The molecule has 0 radical (unpaired) electrons. The van der Waals surface area contributed by atoms with Crippen LogP contribution in [0.1, 0.15) is 25.3 Å². The van der Waals surface area contributed by atoms with E-state index >= 15 is 0 Å². The molecular weight excluding hydrogens is 294 g/mol. The average molecular weight is 313 g/mol. The van der Waals surface area contributed by atoms with Crippen LogP contribution in [0.25, 0.3) is 11.2 Å². The number of fused-ring (bicyclic) bond motifs is 1. The lowest BCUT2D eigenvalue weighted by Crippen LogP contribution is -1.99. The molecule has 0 saturated heterocycles. The van der Waals surface area contributed by atoms with Gasteiger partial charge >= 0.3 is 0 Å². The molecule has 1 aromatic carbocycles. The van der Waals surface area contributed by atoms with Gasteiger partial charge in [-0.2, -0.15) is 4.98 Å². The third-order valence-electron chi connectivity index (χ3n) is 3.47. The number of thioether (sulfide) groups is 1. The largest absolute Gasteiger partial charge is 0.341 e. The lowest BCUT2D eigenvalue weighted by Gasteiger charge is -2.07. The van der Waals surface area contributed by atoms with Gasteiger partial charge in [0, 0.05) is 5.69 Å². The van der Waals surface area contributed by atoms with Crippen molar-refractivity contribution in [1.82, 2.24) is 19.9 Å². The zero-order valence-electron chi connectivity index (χ0n) is 12.8. The normalized spacial score (nSPS) is 11.0. The summed E-state index contributed by atoms with van der Waals surface area (Å²) in [7, 11) is 0. The summed E-state index contributed by atoms with van der Waals surface area (Å²) in [5.41, 5.74) is 3.91. The highest BCUT2D eigenvalue weighted by Gasteiger charge is 2.09. The summed E-state index contributed by atoms with van der Waals surface area (Å²) in [5.74, 6) is 0.574. The number of aromatic nitrogens is 4. The van der Waals surface area contributed by atoms with Gasteiger partial charge < -0.3 is 10.3 Å². The maximum absolute atomic E-state index is 4.53. The van der Waals surface area contributed by atoms with Gasteiger partial charge in [-0.25, -0.2) is 9.97 Å². The second-order valence-corrected chi connectivity index (χ2v) is 5.88. The predicted molar refractivity (Wildman–Crippen MR) is 91.8 cm³/mol. The van der Waals surface area contributed by atoms with Crippen molar-refractivity contribution >= 4 is 34.6 Å². The zero-order valence-corrected chi connectivity index (χ0v) is 13.6. The molecule has 5 nitrogen and oxygen atoms in total. The Morgan fingerprint density at radius 3 is 2.73 bits per heavy atom. The van der Waals surface area contributed by atoms with Gasteiger partial charge in [-0.15, -0.1) is 11.8 Å². The van der Waals surface area contributed by atoms with Crippen LogP contribution < -0.4 is 5.32 Å². The first kappa shape index (κ1) is 14.8. The lowest BCUT2D eigenvalue weighted by atomic mass is 10.1. The Morgan fingerprint density at radius 1 is 1.18 bits per heavy atom. The standard InChI is InChI=1S/C16H19N5S/c1-3-4-5-11-6-8-12(9-7-11)19-16-20-14-13(17-10-18-14)15(21-16)22-2/h6-10H,3-5H2,1-2H3,(H2,17,18,19,20,21). The number of aromatic amines is 1. The first-order chi connectivity index (χ1) is 10.8. The number of aryl methyl sites for hydroxylation is 1. The molecule has 3 aromatic rings. The van der Waals surface area contributed by atoms with Crippen molar-refractivity contribution in [2.45, 2.75) is 31.2 Å². The minimum Gasteiger partial charge on any atom is -0.341 e. The number of anilines is 2. The fourth-order valence-corrected chi connectivity index (χ4v) is 2.81. The number of hydrogen-bond acceptors (Lipinski definition) is 5. The minimum absolute atomic E-state index is 0.574. The molecule has 0 unspecified atom stereocenters. The van der Waals surface area contributed by atoms with Crippen LogP contribution in [-0.4, -0.2) is 26.2 Å². The second kappa shape index (κ2) is 6.79. The van der Waals surface area contributed by atoms with Gasteiger partial charge in [0.25, 0.3) is 0 Å². The van der Waals surface area contributed by atoms with E-state index in [9.17, 15) is 0 Å². The highest BCUT2D eigenvalue weighted by Crippen LogP contribution is 2.23. The third kappa shape index (κ3) is 3.22. The molecule has 0 atom stereocenters. The van der Waals surface area contributed by atoms with Gasteiger partial charge in [0.1, 0.15) is 10.5 Å². The van der Waals surface area contributed by atoms with E-state index in [1.54, 1.807) is 18.1 Å². The van der Waals surface area contributed by atoms with E-state index < -0.39 is 0 Å². The summed E-state index contributed by atoms with van der Waals surface area (Å²) >= 11 is 1.58. The highest BCUT2D eigenvalue weighted by atomic mass is 32.2. The number of unbranched alkanes of at least 4 members (excludes halogenated alkanes) is 1. The minimum atomic E-state index is 0.574. The molecule has 2 aromatic heterocycles. The smallest absolute Gasteiger partial charge is 0.230 e. The van der Waals surface area contributed by atoms with Gasteiger partial charge in [0.2, 0.25) is 5.95 Å². The predicted octanol–water partition coefficient (Wildman–Crippen LogP) is 4.16. The Labute approximate surface area is 134 Å². The van der Waals surface area contributed by atoms with Crippen LogP contribution in [0.4, 0.5) is 11.6 Å². The molecule has 0 bridgehead atoms. The highest BCUT2D eigenvalue weighted by molar-refractivity contribution is 7.98. The zero-order chi connectivity index (χ0) is 15.4. The van der Waals surface area contributed by atoms with E-state index in [0.717, 1.165) is 22.7 Å². The fraction of sp³-hybridized carbons (Fsp3) is 0.312. The molecule has 2 heterocycles. The molecule has 2 N–H and O–H groups in total. The Bertz CT molecular complexity index is 751. The summed E-state index contributed by atoms with van der Waals surface area (Å²) < 4.78 is 0. The Balaban J connectivity index is 1.80. The molecule has 0 aliphatic rings. The summed E-state index contributed by atoms with van der Waals surface area (Å²) in [5, 5.41) is 4.15. The van der Waals surface area contributed by atoms with Crippen molar-refractivity contribution in [1.29, 1.82) is 0 Å². The third-order valence-corrected chi connectivity index (χ3v) is 4.16. The van der Waals surface area contributed by atoms with Gasteiger partial charge in [-0.1, -0.05) is 25.5 Å². The van der Waals surface area contributed by atoms with Crippen LogP contribution in [0.2, 0.25) is 0 Å². The van der Waals surface area contributed by atoms with Crippen LogP contribution in [0.5, 0.6) is 0 Å². The second-order valence-electron chi connectivity index (χ2n) is 5.08. The summed E-state index contributed by atoms with van der Waals surface area (Å²) in [6, 6.07) is 8.45. The number of nitrogens with one attached hydrogen (secondary N) is 2. The lowest BCUT2D eigenvalue weighted by molar-refractivity contribution is 0.795. The molecule has 3 rings (SSSR count). The molecule has 0 fully saturated rings. The molecular formula is C16H19N5S. The van der Waals surface area contributed by atoms with Crippen molar-refractivity contribution in [3.8, 4) is 0 Å². The van der Waals surface area contributed by atoms with E-state index in [1.165, 1.54) is 18.4 Å². The molecule has 0 amide bonds. The number of rotatable bonds is 6. The Hall–Kier alpha value is -2.08. The summed E-state index contributed by atoms with van der Waals surface area (Å²) in [4.78, 5) is 16.3. The monoisotopic (exact) mass is 313 g/mol. The van der Waals surface area contributed by atoms with Crippen molar-refractivity contribution in [2.75, 3.05) is 11.6 Å². The van der Waals surface area contributed by atoms with Crippen LogP contribution in [0.3, 0.4) is 0 Å². The Kier molecular flexibility index (Phi) is 4.58. The maximum Gasteiger partial charge on any atom is 0.230 e. The summed E-state index contributed by atoms with van der Waals surface area (Å²) in [6.07, 6.45) is 7.21. The van der Waals surface area contributed by atoms with Crippen LogP contribution >= 0.6 is 11.8 Å². The van der Waals surface area contributed by atoms with Gasteiger partial charge in [-0.05, 0) is 36.8 Å². The van der Waals surface area contributed by atoms with E-state index in [0.29, 0.717) is 11.6 Å². The van der Waals surface area contributed by atoms with Crippen LogP contribution in [0.15, 0.2) is 35.6 Å². The number of H-pyrrole nitrogens is 1. The SMILES string of the molecule is CCCCc1ccc(Nc2nc(SC)c3[nH]cnc3n2)cc1. The molecule has 0 spiro atoms. The fourth-order valence-electron chi connectivity index (χ4n) is 2.27. The van der Waals surface area contributed by atoms with Crippen molar-refractivity contribution in [3.05, 3.63) is 36.2 Å². The van der Waals surface area contributed by atoms with E-state index in [2.05, 4.69) is 56.4 Å². The molecule has 6 heteroatoms. The number of nitrogens with zero attached hydrogens (tertiary/aromatic N) is 3. The quantitative estimate of drug-likeness (QED) is 0.528. The molecule has 0 saturated carbocycles. The first-order valence-corrected chi connectivity index (χ1v) is 8.63. The molecule has 22 heavy (non-hydrogen) atoms.